The SMILES string of the molecule is c1cc(-c2cnc([C@@H]3CCCN3)[nH]2)ccc1-c1ccc2cc(-c3ccc4c(c3)CC(C3CCCC3)=N4)ccc2c1.c1cc(-c2cnc([C@@H]3CCCN3)[nH]2)ccc1-c1ccc2ccc(-c3ccc4c(c3)CC(C3CCCC3)=N4)cc2c1. The van der Waals surface area contributed by atoms with Crippen LogP contribution in [0.4, 0.5) is 11.4 Å². The lowest BCUT2D eigenvalue weighted by Crippen LogP contribution is -2.14. The number of fused-ring (bicyclic) bond motifs is 4. The van der Waals surface area contributed by atoms with Crippen molar-refractivity contribution in [2.75, 3.05) is 13.1 Å². The Morgan fingerprint density at radius 1 is 0.325 bits per heavy atom. The lowest BCUT2D eigenvalue weighted by molar-refractivity contribution is 0.613. The quantitative estimate of drug-likeness (QED) is 0.109. The summed E-state index contributed by atoms with van der Waals surface area (Å²) in [5, 5.41) is 12.1. The molecule has 8 aromatic carbocycles. The summed E-state index contributed by atoms with van der Waals surface area (Å²) in [6.07, 6.45) is 21.4. The zero-order valence-electron chi connectivity index (χ0n) is 45.6. The van der Waals surface area contributed by atoms with Crippen molar-refractivity contribution < 1.29 is 0 Å². The molecule has 8 heteroatoms. The minimum atomic E-state index is 0.357. The van der Waals surface area contributed by atoms with Gasteiger partial charge in [-0.05, 0) is 213 Å². The number of aliphatic imine (C=N–C) groups is 2. The van der Waals surface area contributed by atoms with Gasteiger partial charge in [-0.15, -0.1) is 0 Å². The third kappa shape index (κ3) is 9.83. The maximum Gasteiger partial charge on any atom is 0.123 e. The largest absolute Gasteiger partial charge is 0.341 e. The molecule has 6 heterocycles. The number of hydrogen-bond donors (Lipinski definition) is 4. The highest BCUT2D eigenvalue weighted by Crippen LogP contribution is 2.41. The van der Waals surface area contributed by atoms with Crippen molar-refractivity contribution in [2.45, 2.75) is 102 Å². The summed E-state index contributed by atoms with van der Waals surface area (Å²) in [5.41, 5.74) is 22.5. The molecule has 4 aliphatic heterocycles. The van der Waals surface area contributed by atoms with E-state index in [1.807, 2.05) is 12.4 Å². The van der Waals surface area contributed by atoms with Gasteiger partial charge in [0.25, 0.3) is 0 Å². The second-order valence-electron chi connectivity index (χ2n) is 23.6. The smallest absolute Gasteiger partial charge is 0.123 e. The molecular weight excluding hydrogens is 977 g/mol. The highest BCUT2D eigenvalue weighted by Gasteiger charge is 2.28. The monoisotopic (exact) mass is 1040 g/mol. The lowest BCUT2D eigenvalue weighted by Gasteiger charge is -2.09. The Hall–Kier alpha value is -8.04. The number of benzene rings is 8. The van der Waals surface area contributed by atoms with Crippen LogP contribution in [0, 0.1) is 11.8 Å². The van der Waals surface area contributed by atoms with Gasteiger partial charge in [-0.1, -0.05) is 135 Å². The van der Waals surface area contributed by atoms with Crippen LogP contribution in [0.25, 0.3) is 88.6 Å². The summed E-state index contributed by atoms with van der Waals surface area (Å²) in [6.45, 7) is 2.15. The van der Waals surface area contributed by atoms with E-state index in [2.05, 4.69) is 188 Å². The lowest BCUT2D eigenvalue weighted by atomic mass is 9.94. The number of nitrogens with zero attached hydrogens (tertiary/aromatic N) is 4. The Morgan fingerprint density at radius 3 is 1.11 bits per heavy atom. The van der Waals surface area contributed by atoms with Gasteiger partial charge in [0.15, 0.2) is 0 Å². The molecule has 0 bridgehead atoms. The summed E-state index contributed by atoms with van der Waals surface area (Å²) < 4.78 is 0. The van der Waals surface area contributed by atoms with Crippen LogP contribution in [-0.2, 0) is 12.8 Å². The molecule has 2 saturated heterocycles. The first-order valence-corrected chi connectivity index (χ1v) is 29.8. The zero-order valence-corrected chi connectivity index (χ0v) is 45.6. The maximum absolute atomic E-state index is 5.02. The highest BCUT2D eigenvalue weighted by atomic mass is 15.0. The van der Waals surface area contributed by atoms with E-state index >= 15 is 0 Å². The van der Waals surface area contributed by atoms with E-state index in [1.165, 1.54) is 175 Å². The molecule has 2 aromatic heterocycles. The average Bonchev–Trinajstić information content (AvgIpc) is 4.40. The van der Waals surface area contributed by atoms with Crippen LogP contribution in [0.5, 0.6) is 0 Å². The third-order valence-corrected chi connectivity index (χ3v) is 18.5. The van der Waals surface area contributed by atoms with Gasteiger partial charge in [-0.3, -0.25) is 9.98 Å². The molecule has 2 aliphatic carbocycles. The molecule has 4 fully saturated rings. The number of nitrogens with one attached hydrogen (secondary N) is 4. The molecule has 396 valence electrons. The van der Waals surface area contributed by atoms with Gasteiger partial charge in [-0.2, -0.15) is 0 Å². The second kappa shape index (κ2) is 21.2. The topological polar surface area (TPSA) is 106 Å². The van der Waals surface area contributed by atoms with Gasteiger partial charge in [0.05, 0.1) is 47.2 Å². The summed E-state index contributed by atoms with van der Waals surface area (Å²) >= 11 is 0. The fourth-order valence-electron chi connectivity index (χ4n) is 13.9. The van der Waals surface area contributed by atoms with E-state index in [1.54, 1.807) is 0 Å². The Balaban J connectivity index is 0.000000138. The molecule has 16 rings (SSSR count). The summed E-state index contributed by atoms with van der Waals surface area (Å²) in [7, 11) is 0. The van der Waals surface area contributed by atoms with Gasteiger partial charge in [0.2, 0.25) is 0 Å². The van der Waals surface area contributed by atoms with Crippen LogP contribution < -0.4 is 10.6 Å². The number of H-pyrrole nitrogens is 2. The summed E-state index contributed by atoms with van der Waals surface area (Å²) in [5.74, 6) is 3.51. The average molecular weight is 1050 g/mol. The third-order valence-electron chi connectivity index (χ3n) is 18.5. The first kappa shape index (κ1) is 49.0. The molecule has 0 radical (unpaired) electrons. The molecule has 6 aliphatic rings. The molecule has 2 atom stereocenters. The molecule has 80 heavy (non-hydrogen) atoms. The fourth-order valence-corrected chi connectivity index (χ4v) is 13.9. The Kier molecular flexibility index (Phi) is 13.0. The van der Waals surface area contributed by atoms with Crippen molar-refractivity contribution in [3.8, 4) is 67.0 Å². The van der Waals surface area contributed by atoms with Gasteiger partial charge >= 0.3 is 0 Å². The van der Waals surface area contributed by atoms with E-state index in [9.17, 15) is 0 Å². The normalized spacial score (nSPS) is 18.9. The van der Waals surface area contributed by atoms with E-state index in [0.717, 1.165) is 61.8 Å². The van der Waals surface area contributed by atoms with Gasteiger partial charge in [0.1, 0.15) is 11.6 Å². The van der Waals surface area contributed by atoms with Crippen molar-refractivity contribution in [3.05, 3.63) is 193 Å². The minimum Gasteiger partial charge on any atom is -0.341 e. The maximum atomic E-state index is 5.02. The molecule has 8 nitrogen and oxygen atoms in total. The van der Waals surface area contributed by atoms with Crippen molar-refractivity contribution in [1.82, 2.24) is 30.6 Å². The molecule has 0 unspecified atom stereocenters. The highest BCUT2D eigenvalue weighted by molar-refractivity contribution is 5.98. The Morgan fingerprint density at radius 2 is 0.688 bits per heavy atom. The standard InChI is InChI=1S/2C36H34N4/c1-2-5-25(4-1)34-21-31-20-29(15-16-32(31)39-34)28-14-10-24-9-13-27(18-30(24)19-28)23-7-11-26(12-8-23)35-22-38-36(40-35)33-6-3-17-37-33;1-2-5-24(4-1)34-21-31-20-30(15-16-32(31)39-34)29-14-13-27-18-26(11-12-28(27)19-29)23-7-9-25(10-8-23)35-22-38-36(40-35)33-6-3-17-37-33/h7-16,18-20,22,25,33,37H,1-6,17,21H2,(H,38,40);7-16,18-20,22,24,33,37H,1-6,17,21H2,(H,38,40)/t2*33-/m00/s1. The number of rotatable bonds is 10. The number of aromatic nitrogens is 4. The Labute approximate surface area is 469 Å². The van der Waals surface area contributed by atoms with Crippen molar-refractivity contribution in [2.24, 2.45) is 21.8 Å². The predicted octanol–water partition coefficient (Wildman–Crippen LogP) is 17.6. The van der Waals surface area contributed by atoms with E-state index in [0.29, 0.717) is 23.9 Å². The van der Waals surface area contributed by atoms with Crippen LogP contribution in [0.15, 0.2) is 180 Å². The minimum absolute atomic E-state index is 0.357. The van der Waals surface area contributed by atoms with E-state index < -0.39 is 0 Å². The zero-order chi connectivity index (χ0) is 52.9. The second-order valence-corrected chi connectivity index (χ2v) is 23.6. The first-order chi connectivity index (χ1) is 39.5. The number of hydrogen-bond acceptors (Lipinski definition) is 6. The van der Waals surface area contributed by atoms with Gasteiger partial charge in [0, 0.05) is 24.3 Å². The van der Waals surface area contributed by atoms with Crippen molar-refractivity contribution in [1.29, 1.82) is 0 Å². The van der Waals surface area contributed by atoms with Crippen LogP contribution >= 0.6 is 0 Å². The van der Waals surface area contributed by atoms with Crippen LogP contribution in [0.1, 0.15) is 112 Å². The fraction of sp³-hybridized carbons (Fsp3) is 0.278. The van der Waals surface area contributed by atoms with Crippen LogP contribution in [0.3, 0.4) is 0 Å². The summed E-state index contributed by atoms with van der Waals surface area (Å²) in [6, 6.07) is 59.3. The van der Waals surface area contributed by atoms with Gasteiger partial charge < -0.3 is 20.6 Å². The molecule has 2 saturated carbocycles. The Bertz CT molecular complexity index is 3980. The summed E-state index contributed by atoms with van der Waals surface area (Å²) in [4.78, 5) is 26.3. The number of aromatic amines is 2. The molecule has 0 spiro atoms. The van der Waals surface area contributed by atoms with Crippen LogP contribution in [-0.4, -0.2) is 44.4 Å². The van der Waals surface area contributed by atoms with Crippen LogP contribution in [0.2, 0.25) is 0 Å². The van der Waals surface area contributed by atoms with E-state index in [-0.39, 0.29) is 0 Å². The number of imidazole rings is 2. The van der Waals surface area contributed by atoms with Crippen molar-refractivity contribution >= 4 is 44.3 Å². The van der Waals surface area contributed by atoms with Gasteiger partial charge in [-0.25, -0.2) is 9.97 Å². The molecule has 4 N–H and O–H groups in total. The van der Waals surface area contributed by atoms with Crippen molar-refractivity contribution in [3.63, 3.8) is 0 Å². The molecular formula is C72H68N8. The molecule has 0 amide bonds. The molecule has 10 aromatic rings. The van der Waals surface area contributed by atoms with E-state index in [4.69, 9.17) is 9.98 Å². The predicted molar refractivity (Wildman–Crippen MR) is 330 cm³/mol. The first-order valence-electron chi connectivity index (χ1n) is 29.8.